The predicted molar refractivity (Wildman–Crippen MR) is 93.3 cm³/mol. The van der Waals surface area contributed by atoms with Crippen molar-refractivity contribution in [1.29, 1.82) is 0 Å². The minimum atomic E-state index is -1.33. The summed E-state index contributed by atoms with van der Waals surface area (Å²) in [6.07, 6.45) is -0.158. The van der Waals surface area contributed by atoms with Crippen LogP contribution in [0.2, 0.25) is 0 Å². The van der Waals surface area contributed by atoms with E-state index in [4.69, 9.17) is 0 Å². The maximum absolute atomic E-state index is 12.1. The van der Waals surface area contributed by atoms with E-state index in [-0.39, 0.29) is 42.2 Å². The van der Waals surface area contributed by atoms with Gasteiger partial charge in [0.2, 0.25) is 0 Å². The summed E-state index contributed by atoms with van der Waals surface area (Å²) in [6, 6.07) is 7.80. The normalized spacial score (nSPS) is 40.8. The number of benzene rings is 1. The first-order valence-corrected chi connectivity index (χ1v) is 8.97. The average Bonchev–Trinajstić information content (AvgIpc) is 2.50. The molecule has 0 aromatic heterocycles. The summed E-state index contributed by atoms with van der Waals surface area (Å²) in [7, 11) is 0. The Morgan fingerprint density at radius 2 is 1.52 bits per heavy atom. The molecule has 4 aliphatic rings. The summed E-state index contributed by atoms with van der Waals surface area (Å²) in [5, 5.41) is 24.1. The standard InChI is InChI=1S/C16H19BrN4O4/c1-14(2)15(20(22)23)7-18-9-16(14,21(24)25)10-19(8-15)13(18)11-4-3-5-12(17)6-11/h3-6,13H,7-10H2,1-2H3. The van der Waals surface area contributed by atoms with Gasteiger partial charge in [-0.1, -0.05) is 28.1 Å². The fourth-order valence-corrected chi connectivity index (χ4v) is 5.55. The number of nitrogens with zero attached hydrogens (tertiary/aromatic N) is 4. The smallest absolute Gasteiger partial charge is 0.259 e. The van der Waals surface area contributed by atoms with E-state index in [1.54, 1.807) is 13.8 Å². The van der Waals surface area contributed by atoms with Gasteiger partial charge in [-0.15, -0.1) is 0 Å². The van der Waals surface area contributed by atoms with Crippen molar-refractivity contribution >= 4 is 15.9 Å². The van der Waals surface area contributed by atoms with Gasteiger partial charge in [-0.25, -0.2) is 0 Å². The van der Waals surface area contributed by atoms with Gasteiger partial charge >= 0.3 is 0 Å². The monoisotopic (exact) mass is 410 g/mol. The second-order valence-corrected chi connectivity index (χ2v) is 8.86. The zero-order chi connectivity index (χ0) is 18.2. The summed E-state index contributed by atoms with van der Waals surface area (Å²) in [4.78, 5) is 27.4. The summed E-state index contributed by atoms with van der Waals surface area (Å²) in [6.45, 7) is 4.33. The lowest BCUT2D eigenvalue weighted by molar-refractivity contribution is -0.679. The lowest BCUT2D eigenvalue weighted by Gasteiger charge is -2.66. The molecule has 4 fully saturated rings. The van der Waals surface area contributed by atoms with Crippen LogP contribution in [0.5, 0.6) is 0 Å². The molecule has 0 radical (unpaired) electrons. The van der Waals surface area contributed by atoms with Gasteiger partial charge < -0.3 is 0 Å². The number of hydrogen-bond donors (Lipinski definition) is 0. The van der Waals surface area contributed by atoms with Crippen molar-refractivity contribution in [2.75, 3.05) is 26.2 Å². The van der Waals surface area contributed by atoms with Crippen LogP contribution in [0.3, 0.4) is 0 Å². The summed E-state index contributed by atoms with van der Waals surface area (Å²) >= 11 is 3.46. The van der Waals surface area contributed by atoms with Crippen LogP contribution < -0.4 is 0 Å². The number of rotatable bonds is 3. The molecule has 8 nitrogen and oxygen atoms in total. The van der Waals surface area contributed by atoms with Gasteiger partial charge in [0.05, 0.1) is 32.3 Å². The SMILES string of the molecule is CC1(C)C2([N+](=O)[O-])CN3CC1([N+](=O)[O-])CN(C2)C3c1cccc(Br)c1. The van der Waals surface area contributed by atoms with E-state index in [0.29, 0.717) is 0 Å². The lowest BCUT2D eigenvalue weighted by atomic mass is 9.53. The van der Waals surface area contributed by atoms with Crippen LogP contribution in [0.4, 0.5) is 0 Å². The molecule has 1 aromatic carbocycles. The zero-order valence-electron chi connectivity index (χ0n) is 14.0. The highest BCUT2D eigenvalue weighted by Gasteiger charge is 2.81. The number of nitro groups is 2. The highest BCUT2D eigenvalue weighted by Crippen LogP contribution is 2.58. The number of halogens is 1. The molecule has 0 N–H and O–H groups in total. The van der Waals surface area contributed by atoms with E-state index >= 15 is 0 Å². The van der Waals surface area contributed by atoms with Crippen molar-refractivity contribution in [1.82, 2.24) is 9.80 Å². The van der Waals surface area contributed by atoms with E-state index in [0.717, 1.165) is 10.0 Å². The van der Waals surface area contributed by atoms with E-state index < -0.39 is 16.5 Å². The Labute approximate surface area is 153 Å². The average molecular weight is 411 g/mol. The maximum atomic E-state index is 12.1. The number of piperidine rings is 2. The van der Waals surface area contributed by atoms with Gasteiger partial charge in [0, 0.05) is 14.3 Å². The third kappa shape index (κ3) is 1.89. The predicted octanol–water partition coefficient (Wildman–Crippen LogP) is 2.15. The van der Waals surface area contributed by atoms with E-state index in [1.165, 1.54) is 0 Å². The number of hydrogen-bond acceptors (Lipinski definition) is 6. The quantitative estimate of drug-likeness (QED) is 0.559. The van der Waals surface area contributed by atoms with Gasteiger partial charge in [-0.2, -0.15) is 0 Å². The van der Waals surface area contributed by atoms with Gasteiger partial charge in [-0.05, 0) is 31.5 Å². The van der Waals surface area contributed by atoms with E-state index in [1.807, 2.05) is 34.1 Å². The molecule has 4 heterocycles. The molecule has 25 heavy (non-hydrogen) atoms. The van der Waals surface area contributed by atoms with Crippen LogP contribution in [-0.2, 0) is 0 Å². The van der Waals surface area contributed by atoms with Crippen LogP contribution in [0, 0.1) is 25.6 Å². The minimum Gasteiger partial charge on any atom is -0.270 e. The van der Waals surface area contributed by atoms with Gasteiger partial charge in [0.25, 0.3) is 11.1 Å². The fraction of sp³-hybridized carbons (Fsp3) is 0.625. The molecule has 0 unspecified atom stereocenters. The Morgan fingerprint density at radius 3 is 1.92 bits per heavy atom. The maximum Gasteiger partial charge on any atom is 0.259 e. The summed E-state index contributed by atoms with van der Waals surface area (Å²) in [5.74, 6) is 0. The molecule has 1 aromatic rings. The van der Waals surface area contributed by atoms with Gasteiger partial charge in [0.15, 0.2) is 0 Å². The van der Waals surface area contributed by atoms with Crippen molar-refractivity contribution in [3.8, 4) is 0 Å². The van der Waals surface area contributed by atoms with E-state index in [2.05, 4.69) is 15.9 Å². The Bertz CT molecular complexity index is 731. The first kappa shape index (κ1) is 16.9. The van der Waals surface area contributed by atoms with Crippen molar-refractivity contribution < 1.29 is 9.85 Å². The molecule has 4 aliphatic heterocycles. The van der Waals surface area contributed by atoms with E-state index in [9.17, 15) is 20.2 Å². The molecule has 5 rings (SSSR count). The first-order valence-electron chi connectivity index (χ1n) is 8.17. The topological polar surface area (TPSA) is 92.8 Å². The third-order valence-corrected chi connectivity index (χ3v) is 7.22. The summed E-state index contributed by atoms with van der Waals surface area (Å²) < 4.78 is 0.925. The molecule has 0 spiro atoms. The Kier molecular flexibility index (Phi) is 3.36. The first-order chi connectivity index (χ1) is 11.6. The largest absolute Gasteiger partial charge is 0.270 e. The van der Waals surface area contributed by atoms with Crippen LogP contribution in [0.15, 0.2) is 28.7 Å². The van der Waals surface area contributed by atoms with Crippen LogP contribution in [0.1, 0.15) is 25.6 Å². The van der Waals surface area contributed by atoms with Crippen molar-refractivity contribution in [3.05, 3.63) is 54.5 Å². The Hall–Kier alpha value is -1.58. The lowest BCUT2D eigenvalue weighted by Crippen LogP contribution is -2.88. The van der Waals surface area contributed by atoms with Crippen LogP contribution >= 0.6 is 15.9 Å². The highest BCUT2D eigenvalue weighted by atomic mass is 79.9. The molecular weight excluding hydrogens is 392 g/mol. The van der Waals surface area contributed by atoms with Crippen LogP contribution in [0.25, 0.3) is 0 Å². The summed E-state index contributed by atoms with van der Waals surface area (Å²) in [5.41, 5.74) is -2.69. The molecule has 134 valence electrons. The molecule has 4 bridgehead atoms. The molecule has 4 saturated heterocycles. The van der Waals surface area contributed by atoms with Gasteiger partial charge in [0.1, 0.15) is 5.41 Å². The molecule has 9 heteroatoms. The highest BCUT2D eigenvalue weighted by molar-refractivity contribution is 9.10. The Balaban J connectivity index is 1.85. The second kappa shape index (κ2) is 4.99. The van der Waals surface area contributed by atoms with Crippen LogP contribution in [-0.4, -0.2) is 56.9 Å². The minimum absolute atomic E-state index is 0.158. The molecule has 0 saturated carbocycles. The third-order valence-electron chi connectivity index (χ3n) is 6.72. The molecule has 0 aliphatic carbocycles. The molecular formula is C16H19BrN4O4. The van der Waals surface area contributed by atoms with Crippen molar-refractivity contribution in [3.63, 3.8) is 0 Å². The Morgan fingerprint density at radius 1 is 1.04 bits per heavy atom. The van der Waals surface area contributed by atoms with Crippen molar-refractivity contribution in [2.45, 2.75) is 31.1 Å². The van der Waals surface area contributed by atoms with Gasteiger partial charge in [-0.3, -0.25) is 30.0 Å². The molecule has 0 atom stereocenters. The second-order valence-electron chi connectivity index (χ2n) is 7.94. The fourth-order valence-electron chi connectivity index (χ4n) is 5.13. The zero-order valence-corrected chi connectivity index (χ0v) is 15.6. The molecule has 0 amide bonds. The van der Waals surface area contributed by atoms with Crippen molar-refractivity contribution in [2.24, 2.45) is 5.41 Å².